The maximum atomic E-state index is 12.6. The Morgan fingerprint density at radius 2 is 2.38 bits per heavy atom. The number of nitrogens with zero attached hydrogens (tertiary/aromatic N) is 2. The molecule has 1 aliphatic heterocycles. The van der Waals surface area contributed by atoms with E-state index in [1.165, 1.54) is 24.4 Å². The van der Waals surface area contributed by atoms with Gasteiger partial charge in [-0.1, -0.05) is 11.8 Å². The van der Waals surface area contributed by atoms with Gasteiger partial charge in [0.15, 0.2) is 0 Å². The fourth-order valence-electron chi connectivity index (χ4n) is 2.36. The standard InChI is InChI=1S/C15H16N2O4/c1-21-15(20)13-5-2-8-17(13)14(19)12-6-7-16-10-11(12)4-3-9-18/h6-7,10,13,18H,2,5,8-9H2,1H3. The molecule has 1 amide bonds. The Bertz CT molecular complexity index is 603. The summed E-state index contributed by atoms with van der Waals surface area (Å²) in [6, 6.07) is 1.02. The van der Waals surface area contributed by atoms with Crippen molar-refractivity contribution in [1.82, 2.24) is 9.88 Å². The Hall–Kier alpha value is -2.39. The van der Waals surface area contributed by atoms with Crippen LogP contribution in [0.3, 0.4) is 0 Å². The van der Waals surface area contributed by atoms with Crippen LogP contribution in [0.5, 0.6) is 0 Å². The Labute approximate surface area is 122 Å². The average molecular weight is 288 g/mol. The van der Waals surface area contributed by atoms with Gasteiger partial charge >= 0.3 is 5.97 Å². The molecule has 6 nitrogen and oxygen atoms in total. The number of hydrogen-bond acceptors (Lipinski definition) is 5. The SMILES string of the molecule is COC(=O)C1CCCN1C(=O)c1ccncc1C#CCO. The number of carbonyl (C=O) groups excluding carboxylic acids is 2. The monoisotopic (exact) mass is 288 g/mol. The van der Waals surface area contributed by atoms with Crippen molar-refractivity contribution in [1.29, 1.82) is 0 Å². The van der Waals surface area contributed by atoms with E-state index in [4.69, 9.17) is 9.84 Å². The van der Waals surface area contributed by atoms with Crippen molar-refractivity contribution in [2.75, 3.05) is 20.3 Å². The number of rotatable bonds is 2. The number of aliphatic hydroxyl groups is 1. The van der Waals surface area contributed by atoms with Gasteiger partial charge in [-0.3, -0.25) is 9.78 Å². The molecule has 21 heavy (non-hydrogen) atoms. The van der Waals surface area contributed by atoms with E-state index in [1.54, 1.807) is 6.07 Å². The summed E-state index contributed by atoms with van der Waals surface area (Å²) in [5, 5.41) is 8.76. The molecule has 2 heterocycles. The number of amides is 1. The lowest BCUT2D eigenvalue weighted by atomic mass is 10.1. The highest BCUT2D eigenvalue weighted by Crippen LogP contribution is 2.22. The van der Waals surface area contributed by atoms with Crippen LogP contribution in [-0.2, 0) is 9.53 Å². The minimum atomic E-state index is -0.547. The number of esters is 1. The molecule has 0 aliphatic carbocycles. The van der Waals surface area contributed by atoms with Crippen LogP contribution in [0.25, 0.3) is 0 Å². The van der Waals surface area contributed by atoms with Gasteiger partial charge in [0.2, 0.25) is 0 Å². The van der Waals surface area contributed by atoms with E-state index in [2.05, 4.69) is 16.8 Å². The fraction of sp³-hybridized carbons (Fsp3) is 0.400. The summed E-state index contributed by atoms with van der Waals surface area (Å²) >= 11 is 0. The summed E-state index contributed by atoms with van der Waals surface area (Å²) in [5.74, 6) is 4.52. The second-order valence-corrected chi connectivity index (χ2v) is 4.56. The molecule has 0 bridgehead atoms. The highest BCUT2D eigenvalue weighted by Gasteiger charge is 2.35. The van der Waals surface area contributed by atoms with Gasteiger partial charge in [0, 0.05) is 18.9 Å². The smallest absolute Gasteiger partial charge is 0.328 e. The zero-order valence-corrected chi connectivity index (χ0v) is 11.7. The molecule has 1 saturated heterocycles. The van der Waals surface area contributed by atoms with E-state index in [0.29, 0.717) is 24.1 Å². The molecule has 110 valence electrons. The van der Waals surface area contributed by atoms with Crippen molar-refractivity contribution in [3.63, 3.8) is 0 Å². The largest absolute Gasteiger partial charge is 0.467 e. The van der Waals surface area contributed by atoms with E-state index in [9.17, 15) is 9.59 Å². The second-order valence-electron chi connectivity index (χ2n) is 4.56. The Morgan fingerprint density at radius 1 is 1.57 bits per heavy atom. The molecular formula is C15H16N2O4. The van der Waals surface area contributed by atoms with E-state index in [0.717, 1.165) is 6.42 Å². The van der Waals surface area contributed by atoms with Crippen LogP contribution in [0.1, 0.15) is 28.8 Å². The zero-order chi connectivity index (χ0) is 15.2. The van der Waals surface area contributed by atoms with Crippen molar-refractivity contribution < 1.29 is 19.4 Å². The first kappa shape index (κ1) is 15.0. The van der Waals surface area contributed by atoms with Crippen LogP contribution >= 0.6 is 0 Å². The van der Waals surface area contributed by atoms with Crippen LogP contribution < -0.4 is 0 Å². The third kappa shape index (κ3) is 3.20. The molecule has 1 aromatic heterocycles. The molecule has 1 aromatic rings. The first-order valence-electron chi connectivity index (χ1n) is 6.61. The van der Waals surface area contributed by atoms with E-state index < -0.39 is 12.0 Å². The molecule has 1 N–H and O–H groups in total. The first-order chi connectivity index (χ1) is 10.2. The number of ether oxygens (including phenoxy) is 1. The molecule has 0 radical (unpaired) electrons. The average Bonchev–Trinajstić information content (AvgIpc) is 3.01. The minimum Gasteiger partial charge on any atom is -0.467 e. The maximum absolute atomic E-state index is 12.6. The van der Waals surface area contributed by atoms with Crippen molar-refractivity contribution in [3.05, 3.63) is 29.6 Å². The Morgan fingerprint density at radius 3 is 3.10 bits per heavy atom. The van der Waals surface area contributed by atoms with Gasteiger partial charge in [-0.25, -0.2) is 4.79 Å². The van der Waals surface area contributed by atoms with Crippen LogP contribution in [0.15, 0.2) is 18.5 Å². The van der Waals surface area contributed by atoms with Gasteiger partial charge in [-0.05, 0) is 18.9 Å². The summed E-state index contributed by atoms with van der Waals surface area (Å²) in [5.41, 5.74) is 0.814. The molecule has 1 atom stereocenters. The van der Waals surface area contributed by atoms with E-state index in [1.807, 2.05) is 0 Å². The van der Waals surface area contributed by atoms with Crippen LogP contribution in [0, 0.1) is 11.8 Å². The normalized spacial score (nSPS) is 17.0. The summed E-state index contributed by atoms with van der Waals surface area (Å²) in [4.78, 5) is 29.8. The van der Waals surface area contributed by atoms with Gasteiger partial charge in [0.25, 0.3) is 5.91 Å². The van der Waals surface area contributed by atoms with E-state index >= 15 is 0 Å². The van der Waals surface area contributed by atoms with Crippen molar-refractivity contribution in [2.45, 2.75) is 18.9 Å². The predicted molar refractivity (Wildman–Crippen MR) is 74.3 cm³/mol. The van der Waals surface area contributed by atoms with Gasteiger partial charge in [-0.15, -0.1) is 0 Å². The summed E-state index contributed by atoms with van der Waals surface area (Å²) < 4.78 is 4.74. The molecule has 1 unspecified atom stereocenters. The van der Waals surface area contributed by atoms with Gasteiger partial charge in [0.05, 0.1) is 18.2 Å². The summed E-state index contributed by atoms with van der Waals surface area (Å²) in [6.07, 6.45) is 4.33. The lowest BCUT2D eigenvalue weighted by Crippen LogP contribution is -2.41. The summed E-state index contributed by atoms with van der Waals surface area (Å²) in [7, 11) is 1.31. The number of aromatic nitrogens is 1. The second kappa shape index (κ2) is 6.86. The summed E-state index contributed by atoms with van der Waals surface area (Å²) in [6.45, 7) is 0.213. The molecular weight excluding hydrogens is 272 g/mol. The Balaban J connectivity index is 2.30. The third-order valence-corrected chi connectivity index (χ3v) is 3.34. The van der Waals surface area contributed by atoms with Crippen molar-refractivity contribution in [2.24, 2.45) is 0 Å². The highest BCUT2D eigenvalue weighted by molar-refractivity contribution is 5.99. The topological polar surface area (TPSA) is 79.7 Å². The number of methoxy groups -OCH3 is 1. The third-order valence-electron chi connectivity index (χ3n) is 3.34. The molecule has 6 heteroatoms. The van der Waals surface area contributed by atoms with Gasteiger partial charge < -0.3 is 14.7 Å². The number of aliphatic hydroxyl groups excluding tert-OH is 1. The lowest BCUT2D eigenvalue weighted by Gasteiger charge is -2.23. The lowest BCUT2D eigenvalue weighted by molar-refractivity contribution is -0.145. The fourth-order valence-corrected chi connectivity index (χ4v) is 2.36. The Kier molecular flexibility index (Phi) is 4.90. The number of carbonyl (C=O) groups is 2. The van der Waals surface area contributed by atoms with Crippen molar-refractivity contribution >= 4 is 11.9 Å². The predicted octanol–water partition coefficient (Wildman–Crippen LogP) is 0.203. The zero-order valence-electron chi connectivity index (χ0n) is 11.7. The molecule has 1 fully saturated rings. The van der Waals surface area contributed by atoms with E-state index in [-0.39, 0.29) is 12.5 Å². The quantitative estimate of drug-likeness (QED) is 0.621. The first-order valence-corrected chi connectivity index (χ1v) is 6.61. The minimum absolute atomic E-state index is 0.271. The molecule has 0 aromatic carbocycles. The van der Waals surface area contributed by atoms with Gasteiger partial charge in [0.1, 0.15) is 12.6 Å². The highest BCUT2D eigenvalue weighted by atomic mass is 16.5. The van der Waals surface area contributed by atoms with Crippen LogP contribution in [0.2, 0.25) is 0 Å². The molecule has 1 aliphatic rings. The van der Waals surface area contributed by atoms with Crippen LogP contribution in [-0.4, -0.2) is 53.2 Å². The van der Waals surface area contributed by atoms with Crippen LogP contribution in [0.4, 0.5) is 0 Å². The molecule has 0 saturated carbocycles. The number of hydrogen-bond donors (Lipinski definition) is 1. The molecule has 2 rings (SSSR count). The van der Waals surface area contributed by atoms with Gasteiger partial charge in [-0.2, -0.15) is 0 Å². The van der Waals surface area contributed by atoms with Crippen molar-refractivity contribution in [3.8, 4) is 11.8 Å². The number of likely N-dealkylation sites (tertiary alicyclic amines) is 1. The number of pyridine rings is 1. The maximum Gasteiger partial charge on any atom is 0.328 e. The molecule has 0 spiro atoms.